The summed E-state index contributed by atoms with van der Waals surface area (Å²) in [5, 5.41) is 0. The summed E-state index contributed by atoms with van der Waals surface area (Å²) in [6.07, 6.45) is 0. The van der Waals surface area contributed by atoms with Crippen molar-refractivity contribution in [3.8, 4) is 0 Å². The molecule has 0 heterocycles. The SMILES string of the molecule is NNC(N)=O.NNC(N)=O.NNC(N)=O.O=P(O)(O)O.O=P([O-])([O-])[O-].[K+].[K+].[K+]. The van der Waals surface area contributed by atoms with Gasteiger partial charge in [0, 0.05) is 0 Å². The minimum atomic E-state index is -5.39. The number of amides is 6. The van der Waals surface area contributed by atoms with Crippen molar-refractivity contribution < 1.29 is 207 Å². The maximum absolute atomic E-state index is 9.35. The third-order valence-corrected chi connectivity index (χ3v) is 0.427. The zero-order valence-corrected chi connectivity index (χ0v) is 26.1. The van der Waals surface area contributed by atoms with Gasteiger partial charge in [-0.05, 0) is 0 Å². The minimum Gasteiger partial charge on any atom is -0.822 e. The Morgan fingerprint density at radius 1 is 0.643 bits per heavy atom. The first-order valence-corrected chi connectivity index (χ1v) is 7.63. The number of primary amides is 3. The topological polar surface area (TPSA) is 407 Å². The van der Waals surface area contributed by atoms with Crippen molar-refractivity contribution in [2.45, 2.75) is 0 Å². The molecule has 18 N–H and O–H groups in total. The summed E-state index contributed by atoms with van der Waals surface area (Å²) in [7, 11) is -10.0. The minimum absolute atomic E-state index is 0. The van der Waals surface area contributed by atoms with Crippen molar-refractivity contribution in [1.29, 1.82) is 0 Å². The van der Waals surface area contributed by atoms with Crippen molar-refractivity contribution in [3.63, 3.8) is 0 Å². The number of nitrogens with one attached hydrogen (secondary N) is 3. The van der Waals surface area contributed by atoms with Crippen molar-refractivity contribution in [2.24, 2.45) is 34.7 Å². The van der Waals surface area contributed by atoms with Gasteiger partial charge in [-0.1, -0.05) is 0 Å². The molecule has 0 atom stereocenters. The number of phosphoric acid groups is 2. The molecule has 0 bridgehead atoms. The van der Waals surface area contributed by atoms with E-state index in [9.17, 15) is 14.4 Å². The molecule has 0 aliphatic carbocycles. The Bertz CT molecular complexity index is 390. The number of nitrogens with two attached hydrogens (primary N) is 6. The van der Waals surface area contributed by atoms with Crippen LogP contribution in [0.1, 0.15) is 0 Å². The van der Waals surface area contributed by atoms with Gasteiger partial charge in [0.25, 0.3) is 0 Å². The quantitative estimate of drug-likeness (QED) is 0.0450. The molecule has 0 aliphatic rings. The van der Waals surface area contributed by atoms with Crippen molar-refractivity contribution in [1.82, 2.24) is 16.3 Å². The number of urea groups is 3. The third kappa shape index (κ3) is 287. The van der Waals surface area contributed by atoms with Gasteiger partial charge >= 0.3 is 180 Å². The van der Waals surface area contributed by atoms with Crippen molar-refractivity contribution in [3.05, 3.63) is 0 Å². The first-order valence-electron chi connectivity index (χ1n) is 4.61. The van der Waals surface area contributed by atoms with Gasteiger partial charge in [0.1, 0.15) is 0 Å². The Labute approximate surface area is 285 Å². The van der Waals surface area contributed by atoms with E-state index in [1.54, 1.807) is 16.3 Å². The predicted octanol–water partition coefficient (Wildman–Crippen LogP) is -17.2. The molecule has 0 aliphatic heterocycles. The molecule has 0 fully saturated rings. The maximum Gasteiger partial charge on any atom is 1.00 e. The molecule has 20 nitrogen and oxygen atoms in total. The first-order chi connectivity index (χ1) is 10.8. The summed E-state index contributed by atoms with van der Waals surface area (Å²) < 4.78 is 17.4. The van der Waals surface area contributed by atoms with Crippen LogP contribution < -0.4 is 220 Å². The van der Waals surface area contributed by atoms with E-state index in [4.69, 9.17) is 38.5 Å². The Hall–Kier alpha value is 2.82. The zero-order valence-electron chi connectivity index (χ0n) is 15.0. The van der Waals surface area contributed by atoms with Crippen LogP contribution >= 0.6 is 15.6 Å². The summed E-state index contributed by atoms with van der Waals surface area (Å²) in [4.78, 5) is 75.3. The third-order valence-electron chi connectivity index (χ3n) is 0.427. The second kappa shape index (κ2) is 34.4. The molecule has 0 aromatic heterocycles. The fraction of sp³-hybridized carbons (Fsp3) is 0. The maximum atomic E-state index is 9.35. The molecule has 154 valence electrons. The molecule has 0 saturated carbocycles. The molecule has 0 spiro atoms. The van der Waals surface area contributed by atoms with Gasteiger partial charge in [0.05, 0.1) is 0 Å². The summed E-state index contributed by atoms with van der Waals surface area (Å²) in [6.45, 7) is 0. The summed E-state index contributed by atoms with van der Waals surface area (Å²) in [6, 6.07) is -2.15. The van der Waals surface area contributed by atoms with Crippen molar-refractivity contribution in [2.75, 3.05) is 0 Å². The second-order valence-corrected chi connectivity index (χ2v) is 4.41. The molecular formula is C3H18K3N9O11P2. The Balaban J connectivity index is -0.0000000290. The van der Waals surface area contributed by atoms with E-state index in [-0.39, 0.29) is 154 Å². The van der Waals surface area contributed by atoms with E-state index in [0.717, 1.165) is 0 Å². The van der Waals surface area contributed by atoms with Gasteiger partial charge < -0.3 is 51.1 Å². The second-order valence-electron chi connectivity index (χ2n) is 2.49. The van der Waals surface area contributed by atoms with Gasteiger partial charge in [0.15, 0.2) is 0 Å². The summed E-state index contributed by atoms with van der Waals surface area (Å²) in [5.41, 5.74) is 18.2. The van der Waals surface area contributed by atoms with E-state index in [2.05, 4.69) is 34.7 Å². The number of carbonyl (C=O) groups is 3. The van der Waals surface area contributed by atoms with Crippen LogP contribution in [0.4, 0.5) is 14.4 Å². The average molecular weight is 535 g/mol. The molecule has 0 aromatic carbocycles. The van der Waals surface area contributed by atoms with Crippen LogP contribution in [0, 0.1) is 0 Å². The fourth-order valence-electron chi connectivity index (χ4n) is 0. The fourth-order valence-corrected chi connectivity index (χ4v) is 0. The Kier molecular flexibility index (Phi) is 64.7. The molecule has 0 radical (unpaired) electrons. The summed E-state index contributed by atoms with van der Waals surface area (Å²) >= 11 is 0. The number of hydrogen-bond acceptors (Lipinski definition) is 11. The number of rotatable bonds is 0. The average Bonchev–Trinajstić information content (AvgIpc) is 2.36. The first kappa shape index (κ1) is 52.6. The van der Waals surface area contributed by atoms with Crippen LogP contribution in [0.15, 0.2) is 0 Å². The zero-order chi connectivity index (χ0) is 21.9. The molecular weight excluding hydrogens is 517 g/mol. The van der Waals surface area contributed by atoms with Crippen LogP contribution in [-0.4, -0.2) is 32.8 Å². The molecule has 6 amide bonds. The number of carbonyl (C=O) groups excluding carboxylic acids is 3. The molecule has 0 rings (SSSR count). The van der Waals surface area contributed by atoms with Gasteiger partial charge in [-0.25, -0.2) is 36.5 Å². The van der Waals surface area contributed by atoms with Gasteiger partial charge in [0.2, 0.25) is 0 Å². The molecule has 25 heteroatoms. The summed E-state index contributed by atoms with van der Waals surface area (Å²) in [5.74, 6) is 13.3. The predicted molar refractivity (Wildman–Crippen MR) is 72.6 cm³/mol. The smallest absolute Gasteiger partial charge is 0.822 e. The van der Waals surface area contributed by atoms with Crippen molar-refractivity contribution >= 4 is 33.7 Å². The van der Waals surface area contributed by atoms with Gasteiger partial charge in [-0.3, -0.25) is 16.3 Å². The molecule has 0 aromatic rings. The van der Waals surface area contributed by atoms with E-state index in [0.29, 0.717) is 0 Å². The molecule has 0 unspecified atom stereocenters. The van der Waals surface area contributed by atoms with E-state index < -0.39 is 33.7 Å². The monoisotopic (exact) mass is 535 g/mol. The number of hydrogen-bond donors (Lipinski definition) is 12. The van der Waals surface area contributed by atoms with E-state index in [1.165, 1.54) is 0 Å². The van der Waals surface area contributed by atoms with E-state index >= 15 is 0 Å². The van der Waals surface area contributed by atoms with Crippen LogP contribution in [0.5, 0.6) is 0 Å². The van der Waals surface area contributed by atoms with E-state index in [1.807, 2.05) is 0 Å². The molecule has 0 saturated heterocycles. The number of hydrazine groups is 3. The Morgan fingerprint density at radius 3 is 0.679 bits per heavy atom. The van der Waals surface area contributed by atoms with Crippen LogP contribution in [0.2, 0.25) is 0 Å². The van der Waals surface area contributed by atoms with Crippen LogP contribution in [-0.2, 0) is 9.13 Å². The van der Waals surface area contributed by atoms with Crippen LogP contribution in [0.25, 0.3) is 0 Å². The van der Waals surface area contributed by atoms with Gasteiger partial charge in [-0.15, -0.1) is 0 Å². The standard InChI is InChI=1S/3CH5N3O.3K.2H3O4P/c3*2-1(5)4-3;;;;2*1-5(2,3)4/h3*3H2,(H3,2,4,5);;;;2*(H3,1,2,3,4)/q;;;3*+1;;/p-3. The Morgan fingerprint density at radius 2 is 0.679 bits per heavy atom. The van der Waals surface area contributed by atoms with Crippen LogP contribution in [0.3, 0.4) is 0 Å². The molecule has 28 heavy (non-hydrogen) atoms. The largest absolute Gasteiger partial charge is 1.00 e. The normalized spacial score (nSPS) is 7.75. The van der Waals surface area contributed by atoms with Gasteiger partial charge in [-0.2, -0.15) is 7.82 Å².